The summed E-state index contributed by atoms with van der Waals surface area (Å²) in [5, 5.41) is 1.21. The van der Waals surface area contributed by atoms with E-state index in [0.717, 1.165) is 5.65 Å². The molecular formula is C12H18N2. The van der Waals surface area contributed by atoms with Crippen molar-refractivity contribution >= 4 is 11.0 Å². The van der Waals surface area contributed by atoms with Crippen LogP contribution in [0.4, 0.5) is 0 Å². The van der Waals surface area contributed by atoms with Crippen LogP contribution in [0.25, 0.3) is 11.0 Å². The van der Waals surface area contributed by atoms with Crippen molar-refractivity contribution in [3.8, 4) is 0 Å². The quantitative estimate of drug-likeness (QED) is 0.785. The van der Waals surface area contributed by atoms with Crippen molar-refractivity contribution in [3.05, 3.63) is 30.1 Å². The van der Waals surface area contributed by atoms with Crippen molar-refractivity contribution in [2.45, 2.75) is 32.6 Å². The Morgan fingerprint density at radius 1 is 1.57 bits per heavy atom. The highest BCUT2D eigenvalue weighted by molar-refractivity contribution is 5.75. The van der Waals surface area contributed by atoms with Gasteiger partial charge in [0, 0.05) is 19.2 Å². The van der Waals surface area contributed by atoms with Crippen LogP contribution in [0.15, 0.2) is 24.5 Å². The summed E-state index contributed by atoms with van der Waals surface area (Å²) in [6.45, 7) is 4.48. The molecule has 0 bridgehead atoms. The Kier molecular flexibility index (Phi) is 2.53. The number of hydrogen-bond donors (Lipinski definition) is 1. The fourth-order valence-corrected chi connectivity index (χ4v) is 1.83. The molecule has 2 aromatic heterocycles. The number of nitrogens with one attached hydrogen (secondary N) is 1. The van der Waals surface area contributed by atoms with Crippen molar-refractivity contribution in [1.29, 1.82) is 0 Å². The average Bonchev–Trinajstić information content (AvgIpc) is 2.64. The number of hydrogen-bond acceptors (Lipinski definition) is 1. The topological polar surface area (TPSA) is 28.7 Å². The van der Waals surface area contributed by atoms with E-state index in [1.165, 1.54) is 23.8 Å². The minimum Gasteiger partial charge on any atom is -0.346 e. The zero-order chi connectivity index (χ0) is 9.97. The number of H-pyrrole nitrogens is 1. The van der Waals surface area contributed by atoms with E-state index in [0.29, 0.717) is 5.92 Å². The fraction of sp³-hybridized carbons (Fsp3) is 0.417. The maximum atomic E-state index is 4.39. The summed E-state index contributed by atoms with van der Waals surface area (Å²) < 4.78 is 0. The highest BCUT2D eigenvalue weighted by Gasteiger charge is 2.05. The third kappa shape index (κ3) is 1.65. The van der Waals surface area contributed by atoms with E-state index in [-0.39, 0.29) is 1.43 Å². The van der Waals surface area contributed by atoms with Gasteiger partial charge in [0.15, 0.2) is 0 Å². The predicted molar refractivity (Wildman–Crippen MR) is 61.5 cm³/mol. The Labute approximate surface area is 85.9 Å². The van der Waals surface area contributed by atoms with Crippen LogP contribution >= 0.6 is 0 Å². The van der Waals surface area contributed by atoms with Crippen molar-refractivity contribution in [2.75, 3.05) is 0 Å². The molecule has 2 nitrogen and oxygen atoms in total. The molecule has 1 atom stereocenters. The maximum Gasteiger partial charge on any atom is 0.137 e. The Hall–Kier alpha value is -1.31. The summed E-state index contributed by atoms with van der Waals surface area (Å²) in [4.78, 5) is 7.50. The lowest BCUT2D eigenvalue weighted by atomic mass is 9.98. The second-order valence-corrected chi connectivity index (χ2v) is 3.87. The molecular weight excluding hydrogens is 172 g/mol. The van der Waals surface area contributed by atoms with Crippen LogP contribution in [0, 0.1) is 0 Å². The Morgan fingerprint density at radius 2 is 2.43 bits per heavy atom. The van der Waals surface area contributed by atoms with Gasteiger partial charge >= 0.3 is 0 Å². The lowest BCUT2D eigenvalue weighted by Crippen LogP contribution is -1.93. The molecule has 2 aromatic rings. The van der Waals surface area contributed by atoms with Crippen LogP contribution < -0.4 is 0 Å². The van der Waals surface area contributed by atoms with Crippen LogP contribution in [0.3, 0.4) is 0 Å². The molecule has 0 aromatic carbocycles. The van der Waals surface area contributed by atoms with Gasteiger partial charge in [0.1, 0.15) is 5.65 Å². The monoisotopic (exact) mass is 190 g/mol. The molecule has 0 aliphatic heterocycles. The molecule has 2 heteroatoms. The van der Waals surface area contributed by atoms with Gasteiger partial charge in [-0.1, -0.05) is 20.3 Å². The standard InChI is InChI=1S/C12H16N2.H2/c1-3-4-9(2)11-7-10-5-6-13-12(10)14-8-11;/h5-9H,3-4H2,1-2H3,(H,13,14);1H. The van der Waals surface area contributed by atoms with Crippen LogP contribution in [0.2, 0.25) is 0 Å². The first-order valence-electron chi connectivity index (χ1n) is 5.24. The molecule has 0 saturated carbocycles. The van der Waals surface area contributed by atoms with Gasteiger partial charge < -0.3 is 4.98 Å². The first kappa shape index (κ1) is 9.25. The highest BCUT2D eigenvalue weighted by atomic mass is 14.8. The molecule has 0 spiro atoms. The molecule has 2 rings (SSSR count). The second kappa shape index (κ2) is 3.82. The maximum absolute atomic E-state index is 4.39. The highest BCUT2D eigenvalue weighted by Crippen LogP contribution is 2.22. The molecule has 1 unspecified atom stereocenters. The van der Waals surface area contributed by atoms with Gasteiger partial charge in [-0.05, 0) is 30.0 Å². The van der Waals surface area contributed by atoms with E-state index in [1.807, 2.05) is 12.4 Å². The Balaban J connectivity index is 0.00000112. The zero-order valence-electron chi connectivity index (χ0n) is 8.75. The summed E-state index contributed by atoms with van der Waals surface area (Å²) in [5.41, 5.74) is 2.33. The average molecular weight is 190 g/mol. The second-order valence-electron chi connectivity index (χ2n) is 3.87. The van der Waals surface area contributed by atoms with Gasteiger partial charge in [0.05, 0.1) is 0 Å². The Bertz CT molecular complexity index is 422. The molecule has 0 fully saturated rings. The van der Waals surface area contributed by atoms with Crippen molar-refractivity contribution < 1.29 is 1.43 Å². The number of pyridine rings is 1. The Morgan fingerprint density at radius 3 is 3.21 bits per heavy atom. The normalized spacial score (nSPS) is 13.3. The fourth-order valence-electron chi connectivity index (χ4n) is 1.83. The summed E-state index contributed by atoms with van der Waals surface area (Å²) in [6.07, 6.45) is 6.38. The number of fused-ring (bicyclic) bond motifs is 1. The van der Waals surface area contributed by atoms with Gasteiger partial charge in [-0.2, -0.15) is 0 Å². The number of nitrogens with zero attached hydrogens (tertiary/aromatic N) is 1. The van der Waals surface area contributed by atoms with E-state index >= 15 is 0 Å². The molecule has 0 amide bonds. The van der Waals surface area contributed by atoms with Crippen LogP contribution in [-0.4, -0.2) is 9.97 Å². The first-order valence-corrected chi connectivity index (χ1v) is 5.24. The lowest BCUT2D eigenvalue weighted by Gasteiger charge is -2.09. The SMILES string of the molecule is CCCC(C)c1cnc2[nH]ccc2c1.[HH]. The van der Waals surface area contributed by atoms with Gasteiger partial charge in [-0.25, -0.2) is 4.98 Å². The number of aromatic nitrogens is 2. The van der Waals surface area contributed by atoms with Gasteiger partial charge in [-0.15, -0.1) is 0 Å². The van der Waals surface area contributed by atoms with Crippen molar-refractivity contribution in [3.63, 3.8) is 0 Å². The minimum atomic E-state index is 0. The molecule has 1 N–H and O–H groups in total. The van der Waals surface area contributed by atoms with E-state index in [2.05, 4.69) is 35.9 Å². The predicted octanol–water partition coefficient (Wildman–Crippen LogP) is 3.71. The van der Waals surface area contributed by atoms with E-state index < -0.39 is 0 Å². The van der Waals surface area contributed by atoms with Gasteiger partial charge in [0.25, 0.3) is 0 Å². The summed E-state index contributed by atoms with van der Waals surface area (Å²) >= 11 is 0. The van der Waals surface area contributed by atoms with Crippen LogP contribution in [-0.2, 0) is 0 Å². The molecule has 0 radical (unpaired) electrons. The van der Waals surface area contributed by atoms with Gasteiger partial charge in [-0.3, -0.25) is 0 Å². The molecule has 2 heterocycles. The minimum absolute atomic E-state index is 0. The number of aromatic amines is 1. The molecule has 0 aliphatic rings. The van der Waals surface area contributed by atoms with E-state index in [9.17, 15) is 0 Å². The van der Waals surface area contributed by atoms with Crippen LogP contribution in [0.5, 0.6) is 0 Å². The van der Waals surface area contributed by atoms with Crippen LogP contribution in [0.1, 0.15) is 39.6 Å². The molecule has 0 aliphatic carbocycles. The lowest BCUT2D eigenvalue weighted by molar-refractivity contribution is 0.663. The number of rotatable bonds is 3. The van der Waals surface area contributed by atoms with E-state index in [1.54, 1.807) is 0 Å². The molecule has 14 heavy (non-hydrogen) atoms. The van der Waals surface area contributed by atoms with Gasteiger partial charge in [0.2, 0.25) is 0 Å². The third-order valence-electron chi connectivity index (χ3n) is 2.71. The van der Waals surface area contributed by atoms with Crippen molar-refractivity contribution in [1.82, 2.24) is 9.97 Å². The van der Waals surface area contributed by atoms with E-state index in [4.69, 9.17) is 0 Å². The third-order valence-corrected chi connectivity index (χ3v) is 2.71. The van der Waals surface area contributed by atoms with Crippen molar-refractivity contribution in [2.24, 2.45) is 0 Å². The summed E-state index contributed by atoms with van der Waals surface area (Å²) in [7, 11) is 0. The smallest absolute Gasteiger partial charge is 0.137 e. The summed E-state index contributed by atoms with van der Waals surface area (Å²) in [6, 6.07) is 4.31. The summed E-state index contributed by atoms with van der Waals surface area (Å²) in [5.74, 6) is 0.617. The zero-order valence-corrected chi connectivity index (χ0v) is 8.75. The molecule has 76 valence electrons. The molecule has 0 saturated heterocycles. The first-order chi connectivity index (χ1) is 6.81. The largest absolute Gasteiger partial charge is 0.346 e.